The van der Waals surface area contributed by atoms with E-state index < -0.39 is 24.2 Å². The van der Waals surface area contributed by atoms with Gasteiger partial charge in [0.25, 0.3) is 5.92 Å². The molecule has 0 saturated carbocycles. The maximum absolute atomic E-state index is 14.6. The number of rotatable bonds is 7. The highest BCUT2D eigenvalue weighted by Crippen LogP contribution is 2.27. The fourth-order valence-electron chi connectivity index (χ4n) is 2.47. The average molecular weight is 400 g/mol. The minimum absolute atomic E-state index is 0.0441. The summed E-state index contributed by atoms with van der Waals surface area (Å²) in [6, 6.07) is 6.34. The van der Waals surface area contributed by atoms with E-state index in [-0.39, 0.29) is 29.2 Å². The summed E-state index contributed by atoms with van der Waals surface area (Å²) >= 11 is 5.99. The second-order valence-electron chi connectivity index (χ2n) is 6.46. The van der Waals surface area contributed by atoms with Crippen LogP contribution in [0.1, 0.15) is 29.4 Å². The van der Waals surface area contributed by atoms with Crippen LogP contribution < -0.4 is 10.6 Å². The summed E-state index contributed by atoms with van der Waals surface area (Å²) < 4.78 is 40.5. The molecule has 1 aromatic heterocycles. The molecule has 2 aromatic rings. The number of aryl methyl sites for hydroxylation is 2. The number of anilines is 1. The lowest BCUT2D eigenvalue weighted by Crippen LogP contribution is -2.26. The maximum Gasteiger partial charge on any atom is 0.262 e. The number of carbonyl (C=O) groups is 1. The lowest BCUT2D eigenvalue weighted by molar-refractivity contribution is -0.120. The van der Waals surface area contributed by atoms with Crippen molar-refractivity contribution in [3.63, 3.8) is 0 Å². The largest absolute Gasteiger partial charge is 0.377 e. The Labute approximate surface area is 161 Å². The van der Waals surface area contributed by atoms with Crippen molar-refractivity contribution in [2.75, 3.05) is 11.9 Å². The van der Waals surface area contributed by atoms with Crippen molar-refractivity contribution >= 4 is 23.2 Å². The van der Waals surface area contributed by atoms with Crippen molar-refractivity contribution in [2.45, 2.75) is 39.7 Å². The van der Waals surface area contributed by atoms with Gasteiger partial charge in [0.05, 0.1) is 18.7 Å². The van der Waals surface area contributed by atoms with Crippen LogP contribution in [0.5, 0.6) is 0 Å². The summed E-state index contributed by atoms with van der Waals surface area (Å²) in [5.41, 5.74) is 2.35. The molecule has 2 rings (SSSR count). The second kappa shape index (κ2) is 8.61. The van der Waals surface area contributed by atoms with Crippen molar-refractivity contribution < 1.29 is 18.0 Å². The van der Waals surface area contributed by atoms with Crippen molar-refractivity contribution in [3.8, 4) is 0 Å². The highest BCUT2D eigenvalue weighted by Gasteiger charge is 2.22. The Balaban J connectivity index is 2.06. The summed E-state index contributed by atoms with van der Waals surface area (Å²) in [6.45, 7) is 3.96. The molecule has 0 unspecified atom stereocenters. The van der Waals surface area contributed by atoms with Gasteiger partial charge in [-0.1, -0.05) is 17.7 Å². The summed E-state index contributed by atoms with van der Waals surface area (Å²) in [7, 11) is 0. The van der Waals surface area contributed by atoms with Gasteiger partial charge in [0.1, 0.15) is 0 Å². The van der Waals surface area contributed by atoms with E-state index in [4.69, 9.17) is 11.6 Å². The van der Waals surface area contributed by atoms with Crippen LogP contribution in [0.3, 0.4) is 0 Å². The van der Waals surface area contributed by atoms with Crippen molar-refractivity contribution in [1.82, 2.24) is 10.3 Å². The van der Waals surface area contributed by atoms with Crippen LogP contribution >= 0.6 is 11.6 Å². The second-order valence-corrected chi connectivity index (χ2v) is 6.87. The monoisotopic (exact) mass is 399 g/mol. The molecule has 0 fully saturated rings. The number of nitrogens with one attached hydrogen (secondary N) is 2. The Morgan fingerprint density at radius 3 is 2.56 bits per heavy atom. The number of carbonyl (C=O) groups excluding carboxylic acids is 1. The molecule has 27 heavy (non-hydrogen) atoms. The molecule has 0 bridgehead atoms. The van der Waals surface area contributed by atoms with Crippen molar-refractivity contribution in [1.29, 1.82) is 0 Å². The molecule has 0 spiro atoms. The van der Waals surface area contributed by atoms with Gasteiger partial charge in [-0.3, -0.25) is 9.78 Å². The Morgan fingerprint density at radius 2 is 1.93 bits per heavy atom. The van der Waals surface area contributed by atoms with Crippen LogP contribution in [-0.4, -0.2) is 23.4 Å². The SMILES string of the molecule is Cc1ccc(CNC(=O)Cc2c(Cl)ccc(NCC(C)(F)F)c2F)c(C)n1. The third-order valence-corrected chi connectivity index (χ3v) is 4.28. The van der Waals surface area contributed by atoms with Crippen LogP contribution in [0.4, 0.5) is 18.9 Å². The summed E-state index contributed by atoms with van der Waals surface area (Å²) in [5.74, 6) is -4.24. The van der Waals surface area contributed by atoms with Gasteiger partial charge in [-0.05, 0) is 37.6 Å². The minimum atomic E-state index is -3.00. The van der Waals surface area contributed by atoms with E-state index in [9.17, 15) is 18.0 Å². The van der Waals surface area contributed by atoms with Crippen molar-refractivity contribution in [3.05, 3.63) is 57.6 Å². The lowest BCUT2D eigenvalue weighted by atomic mass is 10.1. The molecule has 0 saturated heterocycles. The highest BCUT2D eigenvalue weighted by molar-refractivity contribution is 6.31. The molecule has 0 aliphatic rings. The van der Waals surface area contributed by atoms with Gasteiger partial charge in [-0.25, -0.2) is 13.2 Å². The first-order valence-corrected chi connectivity index (χ1v) is 8.73. The quantitative estimate of drug-likeness (QED) is 0.724. The predicted molar refractivity (Wildman–Crippen MR) is 99.8 cm³/mol. The van der Waals surface area contributed by atoms with E-state index >= 15 is 0 Å². The standard InChI is InChI=1S/C19H21ClF3N3O/c1-11-4-5-13(12(2)26-11)9-24-17(27)8-14-15(20)6-7-16(18(14)21)25-10-19(3,22)23/h4-7,25H,8-10H2,1-3H3,(H,24,27). The summed E-state index contributed by atoms with van der Waals surface area (Å²) in [6.07, 6.45) is -0.305. The fourth-order valence-corrected chi connectivity index (χ4v) is 2.68. The van der Waals surface area contributed by atoms with Crippen LogP contribution in [0.25, 0.3) is 0 Å². The molecular formula is C19H21ClF3N3O. The van der Waals surface area contributed by atoms with E-state index in [2.05, 4.69) is 15.6 Å². The number of hydrogen-bond acceptors (Lipinski definition) is 3. The zero-order valence-corrected chi connectivity index (χ0v) is 16.1. The first kappa shape index (κ1) is 21.0. The normalized spacial score (nSPS) is 11.4. The zero-order valence-electron chi connectivity index (χ0n) is 15.3. The van der Waals surface area contributed by atoms with E-state index in [1.165, 1.54) is 12.1 Å². The molecule has 4 nitrogen and oxygen atoms in total. The van der Waals surface area contributed by atoms with Gasteiger partial charge in [-0.15, -0.1) is 0 Å². The summed E-state index contributed by atoms with van der Waals surface area (Å²) in [5, 5.41) is 5.09. The first-order chi connectivity index (χ1) is 12.6. The average Bonchev–Trinajstić information content (AvgIpc) is 2.56. The van der Waals surface area contributed by atoms with E-state index in [1.807, 2.05) is 26.0 Å². The number of halogens is 4. The number of alkyl halides is 2. The molecule has 2 N–H and O–H groups in total. The van der Waals surface area contributed by atoms with Gasteiger partial charge in [0.2, 0.25) is 5.91 Å². The van der Waals surface area contributed by atoms with E-state index in [0.717, 1.165) is 23.9 Å². The van der Waals surface area contributed by atoms with Gasteiger partial charge >= 0.3 is 0 Å². The first-order valence-electron chi connectivity index (χ1n) is 8.35. The Hall–Kier alpha value is -2.28. The molecule has 0 atom stereocenters. The number of benzene rings is 1. The van der Waals surface area contributed by atoms with Gasteiger partial charge in [0.15, 0.2) is 5.82 Å². The predicted octanol–water partition coefficient (Wildman–Crippen LogP) is 4.42. The third-order valence-electron chi connectivity index (χ3n) is 3.92. The number of pyridine rings is 1. The Morgan fingerprint density at radius 1 is 1.22 bits per heavy atom. The Kier molecular flexibility index (Phi) is 6.70. The van der Waals surface area contributed by atoms with E-state index in [0.29, 0.717) is 0 Å². The molecule has 146 valence electrons. The Bertz CT molecular complexity index is 838. The molecule has 1 aromatic carbocycles. The minimum Gasteiger partial charge on any atom is -0.377 e. The molecule has 0 aliphatic heterocycles. The molecular weight excluding hydrogens is 379 g/mol. The van der Waals surface area contributed by atoms with Crippen LogP contribution in [0, 0.1) is 19.7 Å². The van der Waals surface area contributed by atoms with Crippen LogP contribution in [0.15, 0.2) is 24.3 Å². The molecule has 0 radical (unpaired) electrons. The van der Waals surface area contributed by atoms with Gasteiger partial charge in [-0.2, -0.15) is 0 Å². The number of aromatic nitrogens is 1. The molecule has 1 heterocycles. The van der Waals surface area contributed by atoms with Crippen LogP contribution in [0.2, 0.25) is 5.02 Å². The van der Waals surface area contributed by atoms with Crippen molar-refractivity contribution in [2.24, 2.45) is 0 Å². The molecule has 0 aliphatic carbocycles. The zero-order chi connectivity index (χ0) is 20.2. The topological polar surface area (TPSA) is 54.0 Å². The maximum atomic E-state index is 14.6. The van der Waals surface area contributed by atoms with E-state index in [1.54, 1.807) is 0 Å². The molecule has 8 heteroatoms. The fraction of sp³-hybridized carbons (Fsp3) is 0.368. The number of amides is 1. The third kappa shape index (κ3) is 6.13. The summed E-state index contributed by atoms with van der Waals surface area (Å²) in [4.78, 5) is 16.5. The molecule has 1 amide bonds. The van der Waals surface area contributed by atoms with Crippen LogP contribution in [-0.2, 0) is 17.8 Å². The van der Waals surface area contributed by atoms with Gasteiger partial charge < -0.3 is 10.6 Å². The number of nitrogens with zero attached hydrogens (tertiary/aromatic N) is 1. The number of hydrogen-bond donors (Lipinski definition) is 2. The van der Waals surface area contributed by atoms with Gasteiger partial charge in [0, 0.05) is 35.4 Å². The lowest BCUT2D eigenvalue weighted by Gasteiger charge is -2.15. The smallest absolute Gasteiger partial charge is 0.262 e. The highest BCUT2D eigenvalue weighted by atomic mass is 35.5.